The number of likely N-dealkylation sites (tertiary alicyclic amines) is 1. The van der Waals surface area contributed by atoms with Crippen LogP contribution in [0.2, 0.25) is 10.0 Å². The number of carbonyl (C=O) groups excluding carboxylic acids is 3. The number of nitrogens with zero attached hydrogens (tertiary/aromatic N) is 2. The van der Waals surface area contributed by atoms with Crippen LogP contribution in [-0.4, -0.2) is 46.5 Å². The van der Waals surface area contributed by atoms with E-state index in [-0.39, 0.29) is 17.4 Å². The molecule has 0 spiro atoms. The van der Waals surface area contributed by atoms with Crippen LogP contribution in [0.25, 0.3) is 17.4 Å². The summed E-state index contributed by atoms with van der Waals surface area (Å²) in [5, 5.41) is 0.542. The summed E-state index contributed by atoms with van der Waals surface area (Å²) in [5.74, 6) is 0.188. The van der Waals surface area contributed by atoms with E-state index in [0.717, 1.165) is 29.5 Å². The minimum atomic E-state index is -0.494. The highest BCUT2D eigenvalue weighted by atomic mass is 35.5. The molecule has 0 saturated carbocycles. The van der Waals surface area contributed by atoms with E-state index in [0.29, 0.717) is 40.2 Å². The van der Waals surface area contributed by atoms with Gasteiger partial charge in [-0.05, 0) is 54.9 Å². The summed E-state index contributed by atoms with van der Waals surface area (Å²) in [7, 11) is 0. The van der Waals surface area contributed by atoms with E-state index >= 15 is 0 Å². The lowest BCUT2D eigenvalue weighted by molar-refractivity contribution is -0.135. The molecule has 4 rings (SSSR count). The van der Waals surface area contributed by atoms with Gasteiger partial charge < -0.3 is 9.32 Å². The van der Waals surface area contributed by atoms with Gasteiger partial charge in [-0.15, -0.1) is 0 Å². The van der Waals surface area contributed by atoms with Gasteiger partial charge in [0.05, 0.1) is 9.93 Å². The molecule has 3 heterocycles. The number of amides is 3. The molecule has 2 aliphatic rings. The number of furan rings is 1. The van der Waals surface area contributed by atoms with Gasteiger partial charge in [-0.3, -0.25) is 19.3 Å². The second-order valence-corrected chi connectivity index (χ2v) is 8.52. The third kappa shape index (κ3) is 4.22. The first kappa shape index (κ1) is 20.1. The number of hydrogen-bond acceptors (Lipinski definition) is 5. The molecule has 6 nitrogen and oxygen atoms in total. The number of carbonyl (C=O) groups is 3. The maximum absolute atomic E-state index is 12.6. The summed E-state index contributed by atoms with van der Waals surface area (Å²) >= 11 is 13.0. The van der Waals surface area contributed by atoms with Crippen LogP contribution in [-0.2, 0) is 9.59 Å². The van der Waals surface area contributed by atoms with Crippen LogP contribution in [0.3, 0.4) is 0 Å². The standard InChI is InChI=1S/C20H16Cl2N2O4S/c21-12-3-5-15(22)14(9-12)16-6-4-13(28-16)10-17-19(26)24(20(27)29-17)11-18(25)23-7-1-2-8-23/h3-6,9-10H,1-2,7-8,11H2/b17-10+. The van der Waals surface area contributed by atoms with Crippen LogP contribution in [0.15, 0.2) is 39.7 Å². The number of benzene rings is 1. The highest BCUT2D eigenvalue weighted by Gasteiger charge is 2.37. The first-order valence-corrected chi connectivity index (χ1v) is 10.6. The van der Waals surface area contributed by atoms with Gasteiger partial charge in [0.1, 0.15) is 18.1 Å². The first-order chi connectivity index (χ1) is 13.9. The van der Waals surface area contributed by atoms with Crippen molar-refractivity contribution in [3.63, 3.8) is 0 Å². The van der Waals surface area contributed by atoms with E-state index in [1.54, 1.807) is 35.2 Å². The fraction of sp³-hybridized carbons (Fsp3) is 0.250. The fourth-order valence-electron chi connectivity index (χ4n) is 3.23. The van der Waals surface area contributed by atoms with Crippen LogP contribution < -0.4 is 0 Å². The van der Waals surface area contributed by atoms with Crippen LogP contribution in [0.5, 0.6) is 0 Å². The molecule has 1 aromatic carbocycles. The Hall–Kier alpha value is -2.22. The van der Waals surface area contributed by atoms with Crippen molar-refractivity contribution in [2.75, 3.05) is 19.6 Å². The molecule has 2 aromatic rings. The molecule has 150 valence electrons. The summed E-state index contributed by atoms with van der Waals surface area (Å²) in [6.45, 7) is 1.11. The average molecular weight is 451 g/mol. The minimum absolute atomic E-state index is 0.207. The van der Waals surface area contributed by atoms with E-state index in [4.69, 9.17) is 27.6 Å². The summed E-state index contributed by atoms with van der Waals surface area (Å²) in [6, 6.07) is 8.42. The normalized spacial score (nSPS) is 18.3. The Morgan fingerprint density at radius 2 is 1.90 bits per heavy atom. The van der Waals surface area contributed by atoms with Crippen LogP contribution in [0.4, 0.5) is 4.79 Å². The maximum atomic E-state index is 12.6. The van der Waals surface area contributed by atoms with Gasteiger partial charge in [0.2, 0.25) is 5.91 Å². The average Bonchev–Trinajstić information content (AvgIpc) is 3.42. The molecular weight excluding hydrogens is 435 g/mol. The molecule has 29 heavy (non-hydrogen) atoms. The lowest BCUT2D eigenvalue weighted by Crippen LogP contribution is -2.40. The van der Waals surface area contributed by atoms with Crippen molar-refractivity contribution in [1.29, 1.82) is 0 Å². The summed E-state index contributed by atoms with van der Waals surface area (Å²) in [4.78, 5) is 40.0. The van der Waals surface area contributed by atoms with Crippen molar-refractivity contribution in [2.45, 2.75) is 12.8 Å². The Bertz CT molecular complexity index is 1030. The number of imide groups is 1. The quantitative estimate of drug-likeness (QED) is 0.618. The van der Waals surface area contributed by atoms with Gasteiger partial charge in [-0.25, -0.2) is 0 Å². The van der Waals surface area contributed by atoms with Crippen molar-refractivity contribution in [2.24, 2.45) is 0 Å². The Balaban J connectivity index is 1.51. The number of rotatable bonds is 4. The monoisotopic (exact) mass is 450 g/mol. The highest BCUT2D eigenvalue weighted by Crippen LogP contribution is 2.35. The maximum Gasteiger partial charge on any atom is 0.294 e. The third-order valence-electron chi connectivity index (χ3n) is 4.72. The Morgan fingerprint density at radius 1 is 1.14 bits per heavy atom. The van der Waals surface area contributed by atoms with Crippen molar-refractivity contribution in [1.82, 2.24) is 9.80 Å². The lowest BCUT2D eigenvalue weighted by Gasteiger charge is -2.18. The molecule has 2 aliphatic heterocycles. The molecule has 0 radical (unpaired) electrons. The van der Waals surface area contributed by atoms with Gasteiger partial charge in [0.15, 0.2) is 0 Å². The Labute approximate surface area is 181 Å². The zero-order chi connectivity index (χ0) is 20.5. The van der Waals surface area contributed by atoms with Gasteiger partial charge in [0, 0.05) is 29.8 Å². The zero-order valence-electron chi connectivity index (χ0n) is 15.2. The summed E-state index contributed by atoms with van der Waals surface area (Å²) < 4.78 is 5.76. The zero-order valence-corrected chi connectivity index (χ0v) is 17.5. The van der Waals surface area contributed by atoms with Gasteiger partial charge >= 0.3 is 0 Å². The third-order valence-corrected chi connectivity index (χ3v) is 6.19. The van der Waals surface area contributed by atoms with E-state index in [9.17, 15) is 14.4 Å². The molecule has 0 unspecified atom stereocenters. The predicted octanol–water partition coefficient (Wildman–Crippen LogP) is 4.91. The molecule has 3 amide bonds. The van der Waals surface area contributed by atoms with Crippen molar-refractivity contribution >= 4 is 58.1 Å². The van der Waals surface area contributed by atoms with Gasteiger partial charge in [-0.1, -0.05) is 23.2 Å². The van der Waals surface area contributed by atoms with Gasteiger partial charge in [0.25, 0.3) is 11.1 Å². The second-order valence-electron chi connectivity index (χ2n) is 6.68. The summed E-state index contributed by atoms with van der Waals surface area (Å²) in [5.41, 5.74) is 0.628. The largest absolute Gasteiger partial charge is 0.457 e. The fourth-order valence-corrected chi connectivity index (χ4v) is 4.43. The lowest BCUT2D eigenvalue weighted by atomic mass is 10.2. The number of thioether (sulfide) groups is 1. The SMILES string of the molecule is O=C(CN1C(=O)S/C(=C/c2ccc(-c3cc(Cl)ccc3Cl)o2)C1=O)N1CCCC1. The minimum Gasteiger partial charge on any atom is -0.457 e. The van der Waals surface area contributed by atoms with Crippen LogP contribution in [0, 0.1) is 0 Å². The molecule has 0 atom stereocenters. The smallest absolute Gasteiger partial charge is 0.294 e. The molecule has 2 saturated heterocycles. The topological polar surface area (TPSA) is 70.8 Å². The summed E-state index contributed by atoms with van der Waals surface area (Å²) in [6.07, 6.45) is 3.39. The van der Waals surface area contributed by atoms with Crippen LogP contribution in [0.1, 0.15) is 18.6 Å². The molecular formula is C20H16Cl2N2O4S. The van der Waals surface area contributed by atoms with Crippen LogP contribution >= 0.6 is 35.0 Å². The molecule has 0 aliphatic carbocycles. The van der Waals surface area contributed by atoms with Crippen molar-refractivity contribution in [3.8, 4) is 11.3 Å². The van der Waals surface area contributed by atoms with E-state index in [2.05, 4.69) is 0 Å². The molecule has 2 fully saturated rings. The van der Waals surface area contributed by atoms with E-state index < -0.39 is 11.1 Å². The Kier molecular flexibility index (Phi) is 5.72. The van der Waals surface area contributed by atoms with Gasteiger partial charge in [-0.2, -0.15) is 0 Å². The van der Waals surface area contributed by atoms with E-state index in [1.807, 2.05) is 0 Å². The van der Waals surface area contributed by atoms with E-state index in [1.165, 1.54) is 6.08 Å². The number of halogens is 2. The number of hydrogen-bond donors (Lipinski definition) is 0. The highest BCUT2D eigenvalue weighted by molar-refractivity contribution is 8.18. The van der Waals surface area contributed by atoms with Crippen molar-refractivity contribution < 1.29 is 18.8 Å². The Morgan fingerprint density at radius 3 is 2.66 bits per heavy atom. The predicted molar refractivity (Wildman–Crippen MR) is 113 cm³/mol. The van der Waals surface area contributed by atoms with Crippen molar-refractivity contribution in [3.05, 3.63) is 51.0 Å². The molecule has 0 bridgehead atoms. The molecule has 1 aromatic heterocycles. The molecule has 0 N–H and O–H groups in total. The molecule has 9 heteroatoms. The first-order valence-electron chi connectivity index (χ1n) is 9.01. The second kappa shape index (κ2) is 8.26.